The van der Waals surface area contributed by atoms with Crippen molar-refractivity contribution in [3.05, 3.63) is 29.6 Å². The minimum atomic E-state index is -0.259. The largest absolute Gasteiger partial charge is 0.311 e. The number of hydrogen-bond donors (Lipinski definition) is 1. The molecule has 0 aliphatic carbocycles. The molecule has 1 aliphatic rings. The third-order valence-corrected chi connectivity index (χ3v) is 3.38. The van der Waals surface area contributed by atoms with E-state index in [0.29, 0.717) is 17.8 Å². The molecule has 0 bridgehead atoms. The van der Waals surface area contributed by atoms with Gasteiger partial charge in [-0.1, -0.05) is 13.0 Å². The van der Waals surface area contributed by atoms with Crippen molar-refractivity contribution in [2.24, 2.45) is 0 Å². The Morgan fingerprint density at radius 3 is 3.00 bits per heavy atom. The number of benzene rings is 1. The van der Waals surface area contributed by atoms with Gasteiger partial charge in [-0.05, 0) is 38.4 Å². The Morgan fingerprint density at radius 2 is 2.28 bits per heavy atom. The molecule has 1 N–H and O–H groups in total. The number of anilines is 1. The van der Waals surface area contributed by atoms with E-state index >= 15 is 0 Å². The molecule has 1 atom stereocenters. The van der Waals surface area contributed by atoms with Crippen molar-refractivity contribution in [1.82, 2.24) is 5.32 Å². The van der Waals surface area contributed by atoms with E-state index in [1.807, 2.05) is 0 Å². The van der Waals surface area contributed by atoms with E-state index in [0.717, 1.165) is 19.4 Å². The summed E-state index contributed by atoms with van der Waals surface area (Å²) in [5.74, 6) is -0.206. The van der Waals surface area contributed by atoms with Crippen LogP contribution in [0.15, 0.2) is 18.2 Å². The molecule has 1 aromatic carbocycles. The second-order valence-electron chi connectivity index (χ2n) is 4.67. The second-order valence-corrected chi connectivity index (χ2v) is 4.67. The average molecular weight is 250 g/mol. The summed E-state index contributed by atoms with van der Waals surface area (Å²) in [6, 6.07) is 4.76. The molecule has 3 nitrogen and oxygen atoms in total. The molecular weight excluding hydrogens is 231 g/mol. The summed E-state index contributed by atoms with van der Waals surface area (Å²) >= 11 is 0. The van der Waals surface area contributed by atoms with Crippen LogP contribution >= 0.6 is 0 Å². The number of hydrogen-bond acceptors (Lipinski definition) is 2. The van der Waals surface area contributed by atoms with Crippen LogP contribution in [0.25, 0.3) is 0 Å². The molecule has 4 heteroatoms. The van der Waals surface area contributed by atoms with E-state index in [-0.39, 0.29) is 17.8 Å². The lowest BCUT2D eigenvalue weighted by Crippen LogP contribution is -2.38. The molecule has 1 fully saturated rings. The zero-order valence-electron chi connectivity index (χ0n) is 10.9. The van der Waals surface area contributed by atoms with Gasteiger partial charge in [-0.3, -0.25) is 4.79 Å². The van der Waals surface area contributed by atoms with Crippen molar-refractivity contribution in [1.29, 1.82) is 0 Å². The summed E-state index contributed by atoms with van der Waals surface area (Å²) in [5, 5.41) is 3.23. The lowest BCUT2D eigenvalue weighted by Gasteiger charge is -2.19. The van der Waals surface area contributed by atoms with E-state index in [9.17, 15) is 9.18 Å². The van der Waals surface area contributed by atoms with Crippen LogP contribution < -0.4 is 10.2 Å². The van der Waals surface area contributed by atoms with Gasteiger partial charge in [-0.15, -0.1) is 0 Å². The first-order chi connectivity index (χ1) is 8.65. The smallest absolute Gasteiger partial charge is 0.244 e. The normalized spacial score (nSPS) is 19.6. The number of carbonyl (C=O) groups excluding carboxylic acids is 1. The minimum absolute atomic E-state index is 0.0529. The second kappa shape index (κ2) is 5.48. The molecule has 1 heterocycles. The molecule has 0 aromatic heterocycles. The van der Waals surface area contributed by atoms with Gasteiger partial charge in [0.25, 0.3) is 0 Å². The summed E-state index contributed by atoms with van der Waals surface area (Å²) in [7, 11) is 0. The molecule has 2 rings (SSSR count). The molecular formula is C14H19FN2O. The van der Waals surface area contributed by atoms with Crippen LogP contribution in [-0.2, 0) is 4.79 Å². The highest BCUT2D eigenvalue weighted by atomic mass is 19.1. The van der Waals surface area contributed by atoms with Crippen molar-refractivity contribution in [2.75, 3.05) is 18.0 Å². The number of halogens is 1. The first-order valence-electron chi connectivity index (χ1n) is 6.45. The van der Waals surface area contributed by atoms with Gasteiger partial charge in [-0.2, -0.15) is 0 Å². The van der Waals surface area contributed by atoms with Crippen molar-refractivity contribution in [3.8, 4) is 0 Å². The zero-order valence-corrected chi connectivity index (χ0v) is 10.9. The molecule has 18 heavy (non-hydrogen) atoms. The van der Waals surface area contributed by atoms with Gasteiger partial charge in [0.15, 0.2) is 0 Å². The molecule has 0 saturated carbocycles. The van der Waals surface area contributed by atoms with Crippen LogP contribution in [0.3, 0.4) is 0 Å². The SMILES string of the molecule is CCCNC1CCN(c2cccc(F)c2C)C1=O. The molecule has 1 saturated heterocycles. The monoisotopic (exact) mass is 250 g/mol. The van der Waals surface area contributed by atoms with Gasteiger partial charge in [0, 0.05) is 17.8 Å². The molecule has 98 valence electrons. The first-order valence-corrected chi connectivity index (χ1v) is 6.45. The number of amides is 1. The number of nitrogens with one attached hydrogen (secondary N) is 1. The Balaban J connectivity index is 2.16. The molecule has 1 amide bonds. The van der Waals surface area contributed by atoms with E-state index in [1.54, 1.807) is 24.0 Å². The van der Waals surface area contributed by atoms with E-state index in [1.165, 1.54) is 6.07 Å². The minimum Gasteiger partial charge on any atom is -0.311 e. The summed E-state index contributed by atoms with van der Waals surface area (Å²) in [6.45, 7) is 5.28. The third-order valence-electron chi connectivity index (χ3n) is 3.38. The third kappa shape index (κ3) is 2.38. The van der Waals surface area contributed by atoms with Gasteiger partial charge < -0.3 is 10.2 Å². The molecule has 0 radical (unpaired) electrons. The van der Waals surface area contributed by atoms with Crippen LogP contribution in [0.4, 0.5) is 10.1 Å². The highest BCUT2D eigenvalue weighted by Gasteiger charge is 2.32. The van der Waals surface area contributed by atoms with Crippen molar-refractivity contribution in [3.63, 3.8) is 0 Å². The maximum absolute atomic E-state index is 13.5. The lowest BCUT2D eigenvalue weighted by molar-refractivity contribution is -0.118. The number of nitrogens with zero attached hydrogens (tertiary/aromatic N) is 1. The Kier molecular flexibility index (Phi) is 3.97. The summed E-state index contributed by atoms with van der Waals surface area (Å²) in [5.41, 5.74) is 1.24. The highest BCUT2D eigenvalue weighted by molar-refractivity contribution is 6.00. The fraction of sp³-hybridized carbons (Fsp3) is 0.500. The van der Waals surface area contributed by atoms with Gasteiger partial charge in [0.1, 0.15) is 5.82 Å². The first kappa shape index (κ1) is 13.0. The Labute approximate surface area is 107 Å². The molecule has 1 aliphatic heterocycles. The van der Waals surface area contributed by atoms with Crippen LogP contribution in [-0.4, -0.2) is 25.0 Å². The van der Waals surface area contributed by atoms with E-state index in [2.05, 4.69) is 12.2 Å². The van der Waals surface area contributed by atoms with Crippen molar-refractivity contribution in [2.45, 2.75) is 32.7 Å². The van der Waals surface area contributed by atoms with Gasteiger partial charge in [-0.25, -0.2) is 4.39 Å². The molecule has 1 aromatic rings. The fourth-order valence-electron chi connectivity index (χ4n) is 2.32. The van der Waals surface area contributed by atoms with Crippen LogP contribution in [0.5, 0.6) is 0 Å². The van der Waals surface area contributed by atoms with Crippen LogP contribution in [0.1, 0.15) is 25.3 Å². The lowest BCUT2D eigenvalue weighted by atomic mass is 10.1. The van der Waals surface area contributed by atoms with E-state index in [4.69, 9.17) is 0 Å². The van der Waals surface area contributed by atoms with Crippen molar-refractivity contribution < 1.29 is 9.18 Å². The Morgan fingerprint density at radius 1 is 1.50 bits per heavy atom. The number of rotatable bonds is 4. The number of carbonyl (C=O) groups is 1. The summed E-state index contributed by atoms with van der Waals surface area (Å²) < 4.78 is 13.5. The van der Waals surface area contributed by atoms with Gasteiger partial charge in [0.05, 0.1) is 6.04 Å². The zero-order chi connectivity index (χ0) is 13.1. The van der Waals surface area contributed by atoms with Crippen LogP contribution in [0, 0.1) is 12.7 Å². The average Bonchev–Trinajstić information content (AvgIpc) is 2.72. The van der Waals surface area contributed by atoms with Crippen LogP contribution in [0.2, 0.25) is 0 Å². The quantitative estimate of drug-likeness (QED) is 0.888. The van der Waals surface area contributed by atoms with Crippen molar-refractivity contribution >= 4 is 11.6 Å². The molecule has 0 spiro atoms. The predicted octanol–water partition coefficient (Wildman–Crippen LogP) is 2.24. The standard InChI is InChI=1S/C14H19FN2O/c1-3-8-16-12-7-9-17(14(12)18)13-6-4-5-11(15)10(13)2/h4-6,12,16H,3,7-9H2,1-2H3. The Bertz CT molecular complexity index is 447. The van der Waals surface area contributed by atoms with Gasteiger partial charge >= 0.3 is 0 Å². The van der Waals surface area contributed by atoms with Gasteiger partial charge in [0.2, 0.25) is 5.91 Å². The maximum Gasteiger partial charge on any atom is 0.244 e. The van der Waals surface area contributed by atoms with E-state index < -0.39 is 0 Å². The summed E-state index contributed by atoms with van der Waals surface area (Å²) in [6.07, 6.45) is 1.79. The fourth-order valence-corrected chi connectivity index (χ4v) is 2.32. The molecule has 1 unspecified atom stereocenters. The Hall–Kier alpha value is -1.42. The topological polar surface area (TPSA) is 32.3 Å². The maximum atomic E-state index is 13.5. The highest BCUT2D eigenvalue weighted by Crippen LogP contribution is 2.26. The predicted molar refractivity (Wildman–Crippen MR) is 70.2 cm³/mol. The summed E-state index contributed by atoms with van der Waals surface area (Å²) in [4.78, 5) is 13.9.